The predicted octanol–water partition coefficient (Wildman–Crippen LogP) is 4.36. The molecular weight excluding hydrogens is 570 g/mol. The molecule has 1 aromatic carbocycles. The van der Waals surface area contributed by atoms with Crippen LogP contribution in [0.15, 0.2) is 23.1 Å². The van der Waals surface area contributed by atoms with Crippen molar-refractivity contribution in [2.45, 2.75) is 84.3 Å². The number of nitrogens with zero attached hydrogens (tertiary/aromatic N) is 6. The van der Waals surface area contributed by atoms with Crippen LogP contribution in [0.2, 0.25) is 0 Å². The molecule has 0 bridgehead atoms. The Kier molecular flexibility index (Phi) is 7.75. The lowest BCUT2D eigenvalue weighted by atomic mass is 9.99. The average molecular weight is 614 g/mol. The molecule has 3 fully saturated rings. The highest BCUT2D eigenvalue weighted by molar-refractivity contribution is 5.99. The zero-order valence-electron chi connectivity index (χ0n) is 26.8. The summed E-state index contributed by atoms with van der Waals surface area (Å²) >= 11 is 0. The molecule has 0 spiro atoms. The van der Waals surface area contributed by atoms with Crippen LogP contribution in [0.4, 0.5) is 17.3 Å². The van der Waals surface area contributed by atoms with Crippen molar-refractivity contribution in [3.63, 3.8) is 0 Å². The summed E-state index contributed by atoms with van der Waals surface area (Å²) in [6, 6.07) is 4.96. The molecule has 0 radical (unpaired) electrons. The van der Waals surface area contributed by atoms with Gasteiger partial charge in [-0.2, -0.15) is 4.98 Å². The first-order valence-corrected chi connectivity index (χ1v) is 16.4. The Morgan fingerprint density at radius 1 is 0.956 bits per heavy atom. The lowest BCUT2D eigenvalue weighted by Crippen LogP contribution is -2.60. The number of likely N-dealkylation sites (tertiary alicyclic amines) is 1. The largest absolute Gasteiger partial charge is 0.489 e. The minimum atomic E-state index is -0.252. The highest BCUT2D eigenvalue weighted by atomic mass is 16.5. The Morgan fingerprint density at radius 3 is 2.42 bits per heavy atom. The van der Waals surface area contributed by atoms with Gasteiger partial charge in [-0.3, -0.25) is 23.9 Å². The molecule has 1 saturated carbocycles. The summed E-state index contributed by atoms with van der Waals surface area (Å²) < 4.78 is 8.12. The van der Waals surface area contributed by atoms with Crippen LogP contribution in [0, 0.1) is 13.8 Å². The van der Waals surface area contributed by atoms with Crippen molar-refractivity contribution < 1.29 is 14.3 Å². The lowest BCUT2D eigenvalue weighted by Gasteiger charge is -2.49. The maximum absolute atomic E-state index is 13.6. The minimum Gasteiger partial charge on any atom is -0.489 e. The van der Waals surface area contributed by atoms with E-state index in [0.717, 1.165) is 99.3 Å². The number of hydrogen-bond donors (Lipinski definition) is 1. The SMILES string of the molecule is CC(=O)c1c(C)c2cnc(Nc3cc(C)c4c(c3)OC[C@H]3CN(C5CCN(C(C)=O)CC5)CCN43)nc2n(C2CCCC2)c1=O. The fourth-order valence-electron chi connectivity index (χ4n) is 8.12. The molecule has 2 aromatic heterocycles. The highest BCUT2D eigenvalue weighted by Gasteiger charge is 2.37. The number of aromatic nitrogens is 3. The third-order valence-corrected chi connectivity index (χ3v) is 10.4. The predicted molar refractivity (Wildman–Crippen MR) is 174 cm³/mol. The van der Waals surface area contributed by atoms with E-state index in [2.05, 4.69) is 33.1 Å². The molecule has 3 aliphatic heterocycles. The van der Waals surface area contributed by atoms with Gasteiger partial charge in [0.1, 0.15) is 18.0 Å². The quantitative estimate of drug-likeness (QED) is 0.420. The second-order valence-electron chi connectivity index (χ2n) is 13.3. The van der Waals surface area contributed by atoms with Crippen LogP contribution in [-0.4, -0.2) is 87.4 Å². The van der Waals surface area contributed by atoms with Crippen LogP contribution >= 0.6 is 0 Å². The first kappa shape index (κ1) is 29.7. The molecule has 1 atom stereocenters. The molecule has 0 unspecified atom stereocenters. The van der Waals surface area contributed by atoms with Gasteiger partial charge >= 0.3 is 0 Å². The lowest BCUT2D eigenvalue weighted by molar-refractivity contribution is -0.130. The zero-order valence-corrected chi connectivity index (χ0v) is 26.8. The van der Waals surface area contributed by atoms with Gasteiger partial charge in [0, 0.05) is 75.1 Å². The molecule has 3 aromatic rings. The van der Waals surface area contributed by atoms with Gasteiger partial charge in [-0.25, -0.2) is 4.98 Å². The third-order valence-electron chi connectivity index (χ3n) is 10.4. The molecule has 2 saturated heterocycles. The number of piperazine rings is 1. The Balaban J connectivity index is 1.13. The molecule has 1 amide bonds. The number of fused-ring (bicyclic) bond motifs is 4. The number of Topliss-reactive ketones (excluding diaryl/α,β-unsaturated/α-hetero) is 1. The number of pyridine rings is 1. The Labute approximate surface area is 263 Å². The number of carbonyl (C=O) groups excluding carboxylic acids is 2. The van der Waals surface area contributed by atoms with E-state index >= 15 is 0 Å². The van der Waals surface area contributed by atoms with Crippen LogP contribution < -0.4 is 20.5 Å². The number of ketones is 1. The molecule has 45 heavy (non-hydrogen) atoms. The van der Waals surface area contributed by atoms with Crippen LogP contribution in [0.3, 0.4) is 0 Å². The monoisotopic (exact) mass is 613 g/mol. The number of piperidine rings is 1. The van der Waals surface area contributed by atoms with Crippen molar-refractivity contribution in [2.24, 2.45) is 0 Å². The number of rotatable bonds is 5. The van der Waals surface area contributed by atoms with Crippen molar-refractivity contribution in [1.29, 1.82) is 0 Å². The maximum atomic E-state index is 13.6. The molecule has 5 heterocycles. The first-order valence-electron chi connectivity index (χ1n) is 16.4. The van der Waals surface area contributed by atoms with Crippen molar-refractivity contribution in [1.82, 2.24) is 24.3 Å². The summed E-state index contributed by atoms with van der Waals surface area (Å²) in [6.45, 7) is 12.3. The summed E-state index contributed by atoms with van der Waals surface area (Å²) in [7, 11) is 0. The minimum absolute atomic E-state index is 0.0302. The topological polar surface area (TPSA) is 113 Å². The number of carbonyl (C=O) groups is 2. The zero-order chi connectivity index (χ0) is 31.4. The Morgan fingerprint density at radius 2 is 1.71 bits per heavy atom. The second-order valence-corrected chi connectivity index (χ2v) is 13.3. The molecule has 11 heteroatoms. The van der Waals surface area contributed by atoms with Gasteiger partial charge in [0.05, 0.1) is 17.3 Å². The number of ether oxygens (including phenoxy) is 1. The normalized spacial score (nSPS) is 21.0. The van der Waals surface area contributed by atoms with E-state index in [9.17, 15) is 14.4 Å². The fourth-order valence-corrected chi connectivity index (χ4v) is 8.12. The summed E-state index contributed by atoms with van der Waals surface area (Å²) in [5, 5.41) is 4.11. The summed E-state index contributed by atoms with van der Waals surface area (Å²) in [6.07, 6.45) is 7.71. The van der Waals surface area contributed by atoms with Crippen LogP contribution in [-0.2, 0) is 4.79 Å². The van der Waals surface area contributed by atoms with Crippen molar-refractivity contribution in [2.75, 3.05) is 49.5 Å². The van der Waals surface area contributed by atoms with Crippen LogP contribution in [0.1, 0.15) is 79.9 Å². The van der Waals surface area contributed by atoms with Gasteiger partial charge in [0.25, 0.3) is 5.56 Å². The second kappa shape index (κ2) is 11.7. The molecular formula is C34H43N7O4. The van der Waals surface area contributed by atoms with Crippen LogP contribution in [0.25, 0.3) is 11.0 Å². The van der Waals surface area contributed by atoms with Crippen molar-refractivity contribution in [3.05, 3.63) is 45.4 Å². The molecule has 4 aliphatic rings. The Hall–Kier alpha value is -3.99. The van der Waals surface area contributed by atoms with E-state index in [1.807, 2.05) is 17.9 Å². The average Bonchev–Trinajstić information content (AvgIpc) is 3.55. The van der Waals surface area contributed by atoms with Crippen molar-refractivity contribution in [3.8, 4) is 5.75 Å². The Bertz CT molecular complexity index is 1720. The van der Waals surface area contributed by atoms with E-state index in [1.165, 1.54) is 6.92 Å². The van der Waals surface area contributed by atoms with Gasteiger partial charge < -0.3 is 19.9 Å². The number of hydrogen-bond acceptors (Lipinski definition) is 9. The summed E-state index contributed by atoms with van der Waals surface area (Å²) in [4.78, 5) is 54.4. The number of nitrogens with one attached hydrogen (secondary N) is 1. The number of amides is 1. The van der Waals surface area contributed by atoms with Crippen LogP contribution in [0.5, 0.6) is 5.75 Å². The number of aryl methyl sites for hydroxylation is 2. The van der Waals surface area contributed by atoms with Gasteiger partial charge in [-0.1, -0.05) is 12.8 Å². The molecule has 238 valence electrons. The summed E-state index contributed by atoms with van der Waals surface area (Å²) in [5.74, 6) is 1.20. The molecule has 7 rings (SSSR count). The van der Waals surface area contributed by atoms with Gasteiger partial charge in [0.15, 0.2) is 5.78 Å². The smallest absolute Gasteiger partial charge is 0.263 e. The molecule has 1 aliphatic carbocycles. The van der Waals surface area contributed by atoms with E-state index in [-0.39, 0.29) is 34.9 Å². The molecule has 11 nitrogen and oxygen atoms in total. The van der Waals surface area contributed by atoms with Gasteiger partial charge in [0.2, 0.25) is 11.9 Å². The number of anilines is 3. The highest BCUT2D eigenvalue weighted by Crippen LogP contribution is 2.41. The van der Waals surface area contributed by atoms with Gasteiger partial charge in [-0.15, -0.1) is 0 Å². The van der Waals surface area contributed by atoms with E-state index in [4.69, 9.17) is 9.72 Å². The number of benzene rings is 1. The maximum Gasteiger partial charge on any atom is 0.263 e. The molecule has 1 N–H and O–H groups in total. The summed E-state index contributed by atoms with van der Waals surface area (Å²) in [5.41, 5.74) is 4.28. The van der Waals surface area contributed by atoms with E-state index < -0.39 is 0 Å². The third kappa shape index (κ3) is 5.34. The van der Waals surface area contributed by atoms with E-state index in [0.29, 0.717) is 29.8 Å². The van der Waals surface area contributed by atoms with Gasteiger partial charge in [-0.05, 0) is 63.6 Å². The first-order chi connectivity index (χ1) is 21.7. The van der Waals surface area contributed by atoms with E-state index in [1.54, 1.807) is 17.7 Å². The van der Waals surface area contributed by atoms with Crippen molar-refractivity contribution >= 4 is 40.0 Å². The fraction of sp³-hybridized carbons (Fsp3) is 0.559. The standard InChI is InChI=1S/C34H43N7O4/c1-20-15-24(16-29-31(20)40-14-13-39(18-27(40)19-45-29)25-9-11-38(12-10-25)23(4)43)36-34-35-17-28-21(2)30(22(3)42)33(44)41(32(28)37-34)26-7-5-6-8-26/h15-17,25-27H,5-14,18-19H2,1-4H3,(H,35,36,37)/t27-/m1/s1.